The van der Waals surface area contributed by atoms with Crippen molar-refractivity contribution in [3.63, 3.8) is 0 Å². The zero-order valence-corrected chi connectivity index (χ0v) is 29.0. The second-order valence-electron chi connectivity index (χ2n) is 11.7. The number of carboxylic acids is 1. The van der Waals surface area contributed by atoms with Crippen molar-refractivity contribution in [2.24, 2.45) is 7.05 Å². The number of aliphatic carboxylic acids is 1. The highest BCUT2D eigenvalue weighted by atomic mass is 32.2. The molecule has 1 unspecified atom stereocenters. The van der Waals surface area contributed by atoms with Crippen molar-refractivity contribution in [3.8, 4) is 16.9 Å². The number of nitrogens with one attached hydrogen (secondary N) is 2. The normalized spacial score (nSPS) is 12.0. The number of amides is 1. The highest BCUT2D eigenvalue weighted by Crippen LogP contribution is 2.25. The Morgan fingerprint density at radius 3 is 2.30 bits per heavy atom. The molecule has 0 aliphatic heterocycles. The summed E-state index contributed by atoms with van der Waals surface area (Å²) in [7, 11) is -1.47. The smallest absolute Gasteiger partial charge is 0.337 e. The predicted octanol–water partition coefficient (Wildman–Crippen LogP) is 2.59. The number of aryl methyl sites for hydroxylation is 1. The summed E-state index contributed by atoms with van der Waals surface area (Å²) in [6, 6.07) is 8.82. The minimum Gasteiger partial charge on any atom is -0.480 e. The van der Waals surface area contributed by atoms with E-state index in [4.69, 9.17) is 4.74 Å². The Morgan fingerprint density at radius 2 is 1.65 bits per heavy atom. The Bertz CT molecular complexity index is 2640. The molecule has 6 aromatic rings. The van der Waals surface area contributed by atoms with E-state index >= 15 is 8.78 Å². The van der Waals surface area contributed by atoms with Gasteiger partial charge in [0, 0.05) is 57.0 Å². The van der Waals surface area contributed by atoms with Gasteiger partial charge in [-0.25, -0.2) is 46.3 Å². The molecule has 0 aliphatic carbocycles. The van der Waals surface area contributed by atoms with E-state index in [-0.39, 0.29) is 34.7 Å². The number of rotatable bonds is 12. The van der Waals surface area contributed by atoms with E-state index in [1.54, 1.807) is 0 Å². The number of nitrogens with zero attached hydrogens (tertiary/aromatic N) is 6. The van der Waals surface area contributed by atoms with Crippen LogP contribution in [0.5, 0.6) is 0 Å². The molecular weight excluding hydrogens is 730 g/mol. The maximum absolute atomic E-state index is 15.2. The number of methoxy groups -OCH3 is 1. The van der Waals surface area contributed by atoms with Crippen LogP contribution < -0.4 is 21.3 Å². The summed E-state index contributed by atoms with van der Waals surface area (Å²) in [5.74, 6) is -5.07. The number of pyridine rings is 2. The van der Waals surface area contributed by atoms with Crippen LogP contribution >= 0.6 is 0 Å². The van der Waals surface area contributed by atoms with Gasteiger partial charge in [0.2, 0.25) is 0 Å². The summed E-state index contributed by atoms with van der Waals surface area (Å²) in [6.07, 6.45) is 6.66. The van der Waals surface area contributed by atoms with Gasteiger partial charge in [-0.2, -0.15) is 0 Å². The summed E-state index contributed by atoms with van der Waals surface area (Å²) >= 11 is 0. The first-order chi connectivity index (χ1) is 25.8. The summed E-state index contributed by atoms with van der Waals surface area (Å²) in [5, 5.41) is 12.1. The number of halogens is 2. The quantitative estimate of drug-likeness (QED) is 0.164. The largest absolute Gasteiger partial charge is 0.480 e. The lowest BCUT2D eigenvalue weighted by Gasteiger charge is -2.16. The lowest BCUT2D eigenvalue weighted by atomic mass is 10.1. The molecule has 4 aromatic heterocycles. The highest BCUT2D eigenvalue weighted by molar-refractivity contribution is 7.92. The van der Waals surface area contributed by atoms with Crippen LogP contribution in [-0.4, -0.2) is 67.6 Å². The molecule has 1 amide bonds. The molecule has 16 nitrogen and oxygen atoms in total. The molecule has 0 bridgehead atoms. The Balaban J connectivity index is 1.15. The van der Waals surface area contributed by atoms with E-state index in [9.17, 15) is 32.7 Å². The SMILES string of the molecule is COCc1ncc(-c2ccc(S(=O)(=O)Nc3cc(F)c(C(=O)NC(Cc4ccc(-n5c(=O)c6ccncc6n(C)c5=O)nc4)C(=O)O)cc3F)cc2)cn1. The van der Waals surface area contributed by atoms with Crippen molar-refractivity contribution in [1.82, 2.24) is 34.4 Å². The lowest BCUT2D eigenvalue weighted by Crippen LogP contribution is -2.42. The zero-order valence-electron chi connectivity index (χ0n) is 28.2. The molecule has 0 fully saturated rings. The number of hydrogen-bond donors (Lipinski definition) is 3. The van der Waals surface area contributed by atoms with E-state index in [2.05, 4.69) is 25.3 Å². The molecule has 276 valence electrons. The van der Waals surface area contributed by atoms with Crippen molar-refractivity contribution in [2.75, 3.05) is 11.8 Å². The van der Waals surface area contributed by atoms with Gasteiger partial charge in [-0.05, 0) is 41.5 Å². The van der Waals surface area contributed by atoms with Gasteiger partial charge in [0.25, 0.3) is 21.5 Å². The molecule has 0 saturated carbocycles. The standard InChI is InChI=1S/C35H28F2N8O8S/c1-44-29-17-38-10-9-23(29)33(47)45(35(44)50)31-8-3-19(14-41-31)11-28(34(48)49)42-32(46)24-12-26(37)27(13-25(24)36)43-54(51,52)22-6-4-20(5-7-22)21-15-39-30(18-53-2)40-16-21/h3-10,12-17,28,43H,11,18H2,1-2H3,(H,42,46)(H,48,49). The molecule has 19 heteroatoms. The van der Waals surface area contributed by atoms with Crippen molar-refractivity contribution in [1.29, 1.82) is 0 Å². The molecule has 3 N–H and O–H groups in total. The lowest BCUT2D eigenvalue weighted by molar-refractivity contribution is -0.139. The second-order valence-corrected chi connectivity index (χ2v) is 13.4. The van der Waals surface area contributed by atoms with Crippen LogP contribution in [0.2, 0.25) is 0 Å². The van der Waals surface area contributed by atoms with Crippen LogP contribution in [0.15, 0.2) is 100 Å². The maximum Gasteiger partial charge on any atom is 0.337 e. The van der Waals surface area contributed by atoms with Crippen LogP contribution in [0.1, 0.15) is 21.7 Å². The first-order valence-electron chi connectivity index (χ1n) is 15.7. The molecule has 4 heterocycles. The number of benzene rings is 2. The van der Waals surface area contributed by atoms with E-state index in [0.29, 0.717) is 34.6 Å². The van der Waals surface area contributed by atoms with Crippen molar-refractivity contribution >= 4 is 38.5 Å². The predicted molar refractivity (Wildman–Crippen MR) is 188 cm³/mol. The molecule has 6 rings (SSSR count). The molecule has 0 saturated heterocycles. The van der Waals surface area contributed by atoms with Gasteiger partial charge in [-0.15, -0.1) is 0 Å². The van der Waals surface area contributed by atoms with Gasteiger partial charge in [0.05, 0.1) is 33.2 Å². The number of aromatic nitrogens is 6. The molecule has 0 radical (unpaired) electrons. The van der Waals surface area contributed by atoms with Gasteiger partial charge < -0.3 is 15.2 Å². The van der Waals surface area contributed by atoms with E-state index < -0.39 is 62.1 Å². The van der Waals surface area contributed by atoms with Gasteiger partial charge >= 0.3 is 11.7 Å². The van der Waals surface area contributed by atoms with E-state index in [1.165, 1.54) is 92.2 Å². The van der Waals surface area contributed by atoms with Crippen molar-refractivity contribution in [2.45, 2.75) is 24.0 Å². The zero-order chi connectivity index (χ0) is 38.7. The minimum absolute atomic E-state index is 0.0522. The maximum atomic E-state index is 15.2. The summed E-state index contributed by atoms with van der Waals surface area (Å²) in [5.41, 5.74) is -1.29. The number of carboxylic acid groups (broad SMARTS) is 1. The van der Waals surface area contributed by atoms with Gasteiger partial charge in [0.1, 0.15) is 30.1 Å². The minimum atomic E-state index is -4.43. The van der Waals surface area contributed by atoms with E-state index in [0.717, 1.165) is 4.57 Å². The Hall–Kier alpha value is -6.73. The number of sulfonamides is 1. The van der Waals surface area contributed by atoms with Gasteiger partial charge in [0.15, 0.2) is 5.82 Å². The third-order valence-electron chi connectivity index (χ3n) is 8.18. The first-order valence-corrected chi connectivity index (χ1v) is 17.2. The van der Waals surface area contributed by atoms with Gasteiger partial charge in [-0.3, -0.25) is 23.9 Å². The average molecular weight is 759 g/mol. The van der Waals surface area contributed by atoms with Crippen LogP contribution in [-0.2, 0) is 39.6 Å². The van der Waals surface area contributed by atoms with Crippen LogP contribution in [0.4, 0.5) is 14.5 Å². The number of anilines is 1. The summed E-state index contributed by atoms with van der Waals surface area (Å²) in [6.45, 7) is 0.214. The molecule has 0 aliphatic rings. The molecule has 54 heavy (non-hydrogen) atoms. The van der Waals surface area contributed by atoms with Crippen LogP contribution in [0.3, 0.4) is 0 Å². The number of hydrogen-bond acceptors (Lipinski definition) is 11. The van der Waals surface area contributed by atoms with Crippen LogP contribution in [0.25, 0.3) is 27.8 Å². The Morgan fingerprint density at radius 1 is 0.926 bits per heavy atom. The first kappa shape index (κ1) is 37.0. The third kappa shape index (κ3) is 7.57. The Labute approximate surface area is 303 Å². The average Bonchev–Trinajstić information content (AvgIpc) is 3.16. The number of carbonyl (C=O) groups excluding carboxylic acids is 1. The monoisotopic (exact) mass is 758 g/mol. The van der Waals surface area contributed by atoms with Crippen molar-refractivity contribution < 1.29 is 36.6 Å². The topological polar surface area (TPSA) is 217 Å². The molecule has 1 atom stereocenters. The fourth-order valence-electron chi connectivity index (χ4n) is 5.37. The molecule has 2 aromatic carbocycles. The second kappa shape index (κ2) is 15.1. The number of fused-ring (bicyclic) bond motifs is 1. The number of ether oxygens (including phenoxy) is 1. The van der Waals surface area contributed by atoms with Crippen molar-refractivity contribution in [3.05, 3.63) is 135 Å². The van der Waals surface area contributed by atoms with Gasteiger partial charge in [-0.1, -0.05) is 18.2 Å². The highest BCUT2D eigenvalue weighted by Gasteiger charge is 2.26. The molecule has 0 spiro atoms. The Kier molecular flexibility index (Phi) is 10.4. The summed E-state index contributed by atoms with van der Waals surface area (Å²) < 4.78 is 65.3. The molecular formula is C35H28F2N8O8S. The summed E-state index contributed by atoms with van der Waals surface area (Å²) in [4.78, 5) is 67.1. The van der Waals surface area contributed by atoms with E-state index in [1.807, 2.05) is 4.72 Å². The van der Waals surface area contributed by atoms with Crippen LogP contribution in [0, 0.1) is 11.6 Å². The fraction of sp³-hybridized carbons (Fsp3) is 0.143. The fourth-order valence-corrected chi connectivity index (χ4v) is 6.43. The number of carbonyl (C=O) groups is 2. The third-order valence-corrected chi connectivity index (χ3v) is 9.56.